The molecular weight excluding hydrogens is 506 g/mol. The van der Waals surface area contributed by atoms with Gasteiger partial charge in [-0.3, -0.25) is 14.2 Å². The van der Waals surface area contributed by atoms with Crippen LogP contribution in [-0.4, -0.2) is 38.5 Å². The van der Waals surface area contributed by atoms with Crippen molar-refractivity contribution in [2.24, 2.45) is 19.8 Å². The first-order chi connectivity index (χ1) is 13.7. The maximum atomic E-state index is 11.3. The molecule has 150 valence electrons. The van der Waals surface area contributed by atoms with Crippen molar-refractivity contribution in [1.82, 2.24) is 19.6 Å². The molecule has 8 nitrogen and oxygen atoms in total. The lowest BCUT2D eigenvalue weighted by molar-refractivity contribution is 0.0600. The fraction of sp³-hybridized carbons (Fsp3) is 0.158. The molecule has 0 aliphatic rings. The highest BCUT2D eigenvalue weighted by Crippen LogP contribution is 2.25. The number of hydrogen-bond acceptors (Lipinski definition) is 5. The molecule has 2 heterocycles. The van der Waals surface area contributed by atoms with Gasteiger partial charge in [-0.15, -0.1) is 0 Å². The van der Waals surface area contributed by atoms with E-state index in [1.807, 2.05) is 26.5 Å². The summed E-state index contributed by atoms with van der Waals surface area (Å²) >= 11 is 6.77. The van der Waals surface area contributed by atoms with Gasteiger partial charge in [0.25, 0.3) is 0 Å². The van der Waals surface area contributed by atoms with Gasteiger partial charge in [-0.25, -0.2) is 4.79 Å². The molecule has 0 aliphatic carbocycles. The van der Waals surface area contributed by atoms with Crippen molar-refractivity contribution >= 4 is 65.5 Å². The van der Waals surface area contributed by atoms with E-state index in [0.717, 1.165) is 30.8 Å². The zero-order chi connectivity index (χ0) is 21.3. The molecule has 0 bridgehead atoms. The number of carbonyl (C=O) groups is 2. The largest absolute Gasteiger partial charge is 0.465 e. The highest BCUT2D eigenvalue weighted by molar-refractivity contribution is 9.11. The molecule has 0 unspecified atom stereocenters. The van der Waals surface area contributed by atoms with E-state index in [-0.39, 0.29) is 5.97 Å². The van der Waals surface area contributed by atoms with E-state index in [1.165, 1.54) is 7.11 Å². The molecule has 4 rings (SSSR count). The van der Waals surface area contributed by atoms with Gasteiger partial charge in [-0.2, -0.15) is 10.2 Å². The van der Waals surface area contributed by atoms with E-state index < -0.39 is 5.91 Å². The van der Waals surface area contributed by atoms with Crippen molar-refractivity contribution < 1.29 is 14.3 Å². The number of nitrogens with zero attached hydrogens (tertiary/aromatic N) is 4. The standard InChI is InChI=1S/C10H9BrN2O2.C9H8BrN3O/c1-13-5-7-8(11)3-6(10(14)15-2)4-9(7)12-13;1-13-4-6-7(10)2-5(9(11)14)3-8(6)12-13/h3-5H,1-2H3;2-4H,1H3,(H2,11,14). The van der Waals surface area contributed by atoms with Crippen molar-refractivity contribution in [2.75, 3.05) is 7.11 Å². The smallest absolute Gasteiger partial charge is 0.337 e. The monoisotopic (exact) mass is 521 g/mol. The Balaban J connectivity index is 0.000000166. The van der Waals surface area contributed by atoms with Crippen LogP contribution in [0.3, 0.4) is 0 Å². The van der Waals surface area contributed by atoms with Gasteiger partial charge in [0, 0.05) is 51.8 Å². The van der Waals surface area contributed by atoms with Crippen LogP contribution in [0.2, 0.25) is 0 Å². The number of halogens is 2. The summed E-state index contributed by atoms with van der Waals surface area (Å²) in [6.07, 6.45) is 3.77. The summed E-state index contributed by atoms with van der Waals surface area (Å²) in [5.41, 5.74) is 7.67. The summed E-state index contributed by atoms with van der Waals surface area (Å²) in [5.74, 6) is -0.804. The number of methoxy groups -OCH3 is 1. The summed E-state index contributed by atoms with van der Waals surface area (Å²) in [7, 11) is 5.03. The van der Waals surface area contributed by atoms with E-state index in [1.54, 1.807) is 33.6 Å². The first-order valence-corrected chi connectivity index (χ1v) is 9.92. The number of carbonyl (C=O) groups excluding carboxylic acids is 2. The Labute approximate surface area is 182 Å². The predicted octanol–water partition coefficient (Wildman–Crippen LogP) is 3.56. The minimum absolute atomic E-state index is 0.358. The third kappa shape index (κ3) is 4.48. The van der Waals surface area contributed by atoms with Crippen molar-refractivity contribution in [3.05, 3.63) is 56.7 Å². The molecule has 4 aromatic rings. The van der Waals surface area contributed by atoms with Gasteiger partial charge in [0.15, 0.2) is 0 Å². The number of aryl methyl sites for hydroxylation is 2. The third-order valence-corrected chi connectivity index (χ3v) is 5.40. The summed E-state index contributed by atoms with van der Waals surface area (Å²) in [5, 5.41) is 10.4. The first-order valence-electron chi connectivity index (χ1n) is 8.33. The fourth-order valence-electron chi connectivity index (χ4n) is 2.78. The Kier molecular flexibility index (Phi) is 6.04. The maximum absolute atomic E-state index is 11.3. The fourth-order valence-corrected chi connectivity index (χ4v) is 3.88. The van der Waals surface area contributed by atoms with Gasteiger partial charge < -0.3 is 10.5 Å². The van der Waals surface area contributed by atoms with Gasteiger partial charge in [0.05, 0.1) is 23.7 Å². The molecule has 0 saturated carbocycles. The lowest BCUT2D eigenvalue weighted by atomic mass is 10.1. The van der Waals surface area contributed by atoms with Crippen molar-refractivity contribution in [3.63, 3.8) is 0 Å². The quantitative estimate of drug-likeness (QED) is 0.405. The molecule has 0 aliphatic heterocycles. The van der Waals surface area contributed by atoms with E-state index >= 15 is 0 Å². The van der Waals surface area contributed by atoms with E-state index in [4.69, 9.17) is 5.73 Å². The number of amides is 1. The molecule has 0 spiro atoms. The van der Waals surface area contributed by atoms with Crippen LogP contribution in [0.1, 0.15) is 20.7 Å². The van der Waals surface area contributed by atoms with Crippen LogP contribution < -0.4 is 5.73 Å². The number of benzene rings is 2. The molecule has 10 heteroatoms. The summed E-state index contributed by atoms with van der Waals surface area (Å²) in [4.78, 5) is 22.3. The zero-order valence-electron chi connectivity index (χ0n) is 15.8. The molecule has 1 amide bonds. The molecule has 0 radical (unpaired) electrons. The summed E-state index contributed by atoms with van der Waals surface area (Å²) < 4.78 is 9.72. The SMILES string of the molecule is COC(=O)c1cc(Br)c2cn(C)nc2c1.Cn1cc2c(Br)cc(C(N)=O)cc2n1. The molecule has 2 aromatic heterocycles. The number of fused-ring (bicyclic) bond motifs is 2. The van der Waals surface area contributed by atoms with Crippen LogP contribution in [-0.2, 0) is 18.8 Å². The second-order valence-electron chi connectivity index (χ2n) is 6.24. The highest BCUT2D eigenvalue weighted by atomic mass is 79.9. The number of ether oxygens (including phenoxy) is 1. The second kappa shape index (κ2) is 8.34. The molecule has 2 aromatic carbocycles. The van der Waals surface area contributed by atoms with E-state index in [9.17, 15) is 9.59 Å². The molecule has 0 fully saturated rings. The number of nitrogens with two attached hydrogens (primary N) is 1. The van der Waals surface area contributed by atoms with Gasteiger partial charge in [-0.1, -0.05) is 31.9 Å². The lowest BCUT2D eigenvalue weighted by Gasteiger charge is -2.00. The Morgan fingerprint density at radius 2 is 1.34 bits per heavy atom. The van der Waals surface area contributed by atoms with Gasteiger partial charge in [0.2, 0.25) is 5.91 Å². The number of esters is 1. The Hall–Kier alpha value is -2.72. The predicted molar refractivity (Wildman–Crippen MR) is 117 cm³/mol. The van der Waals surface area contributed by atoms with E-state index in [0.29, 0.717) is 11.1 Å². The van der Waals surface area contributed by atoms with Gasteiger partial charge in [-0.05, 0) is 24.3 Å². The average molecular weight is 523 g/mol. The highest BCUT2D eigenvalue weighted by Gasteiger charge is 2.11. The molecule has 0 saturated heterocycles. The zero-order valence-corrected chi connectivity index (χ0v) is 19.0. The van der Waals surface area contributed by atoms with Crippen molar-refractivity contribution in [2.45, 2.75) is 0 Å². The molecule has 29 heavy (non-hydrogen) atoms. The minimum Gasteiger partial charge on any atom is -0.465 e. The lowest BCUT2D eigenvalue weighted by Crippen LogP contribution is -2.10. The van der Waals surface area contributed by atoms with Gasteiger partial charge >= 0.3 is 5.97 Å². The van der Waals surface area contributed by atoms with Crippen molar-refractivity contribution in [3.8, 4) is 0 Å². The molecule has 0 atom stereocenters. The first kappa shape index (κ1) is 21.0. The second-order valence-corrected chi connectivity index (χ2v) is 7.95. The maximum Gasteiger partial charge on any atom is 0.337 e. The number of hydrogen-bond donors (Lipinski definition) is 1. The van der Waals surface area contributed by atoms with Crippen LogP contribution >= 0.6 is 31.9 Å². The molecular formula is C19H17Br2N5O3. The van der Waals surface area contributed by atoms with Crippen LogP contribution in [0.4, 0.5) is 0 Å². The number of primary amides is 1. The van der Waals surface area contributed by atoms with Crippen LogP contribution in [0, 0.1) is 0 Å². The normalized spacial score (nSPS) is 10.7. The third-order valence-electron chi connectivity index (χ3n) is 4.08. The Bertz CT molecular complexity index is 1250. The average Bonchev–Trinajstić information content (AvgIpc) is 3.23. The number of rotatable bonds is 2. The number of aromatic nitrogens is 4. The topological polar surface area (TPSA) is 105 Å². The Morgan fingerprint density at radius 1 is 0.897 bits per heavy atom. The Morgan fingerprint density at radius 3 is 1.79 bits per heavy atom. The van der Waals surface area contributed by atoms with Gasteiger partial charge in [0.1, 0.15) is 0 Å². The molecule has 2 N–H and O–H groups in total. The minimum atomic E-state index is -0.446. The van der Waals surface area contributed by atoms with Crippen molar-refractivity contribution in [1.29, 1.82) is 0 Å². The van der Waals surface area contributed by atoms with Crippen LogP contribution in [0.25, 0.3) is 21.8 Å². The van der Waals surface area contributed by atoms with Crippen LogP contribution in [0.5, 0.6) is 0 Å². The van der Waals surface area contributed by atoms with E-state index in [2.05, 4.69) is 46.8 Å². The summed E-state index contributed by atoms with van der Waals surface area (Å²) in [6.45, 7) is 0. The van der Waals surface area contributed by atoms with Crippen LogP contribution in [0.15, 0.2) is 45.6 Å². The summed E-state index contributed by atoms with van der Waals surface area (Å²) in [6, 6.07) is 6.83.